The maximum atomic E-state index is 0. The summed E-state index contributed by atoms with van der Waals surface area (Å²) in [5.41, 5.74) is 0. The maximum absolute atomic E-state index is 0. The summed E-state index contributed by atoms with van der Waals surface area (Å²) in [5.74, 6) is 0. The van der Waals surface area contributed by atoms with Gasteiger partial charge in [0, 0.05) is 0 Å². The molecule has 4 radical (unpaired) electrons. The Morgan fingerprint density at radius 1 is 0.333 bits per heavy atom. The van der Waals surface area contributed by atoms with Crippen molar-refractivity contribution in [1.29, 1.82) is 0 Å². The first-order chi connectivity index (χ1) is 0. The van der Waals surface area contributed by atoms with E-state index in [9.17, 15) is 0 Å². The fraction of sp³-hybridized carbons (Fsp3) is 0. The van der Waals surface area contributed by atoms with Crippen LogP contribution in [-0.2, 0) is 27.4 Å². The molecule has 44 valence electrons. The first-order valence-electron chi connectivity index (χ1n) is 0. The minimum Gasteiger partial charge on any atom is -2.00 e. The molecule has 0 bridgehead atoms. The van der Waals surface area contributed by atoms with Crippen LogP contribution in [0.3, 0.4) is 0 Å². The van der Waals surface area contributed by atoms with Crippen molar-refractivity contribution in [3.63, 3.8) is 0 Å². The van der Waals surface area contributed by atoms with Gasteiger partial charge >= 0.3 is 95.0 Å². The van der Waals surface area contributed by atoms with E-state index in [0.29, 0.717) is 0 Å². The Morgan fingerprint density at radius 3 is 0.333 bits per heavy atom. The predicted octanol–water partition coefficient (Wildman–Crippen LogP) is -2.12. The second kappa shape index (κ2) is 124. The number of hydrogen-bond acceptors (Lipinski definition) is 0. The van der Waals surface area contributed by atoms with Gasteiger partial charge in [0.1, 0.15) is 0 Å². The standard InChI is InChI=1S/2Mg.5O.2Sb/q2*+2;5*-2;2*+3. The SMILES string of the molecule is [Mg+2].[Mg+2].[O-2].[O-2].[O-2].[O-2].[O-2].[Sb+3].[Sb+3]. The predicted molar refractivity (Wildman–Crippen MR) is 26.4 cm³/mol. The van der Waals surface area contributed by atoms with Crippen molar-refractivity contribution < 1.29 is 27.4 Å². The van der Waals surface area contributed by atoms with E-state index in [1.807, 2.05) is 0 Å². The minimum absolute atomic E-state index is 0. The third-order valence-corrected chi connectivity index (χ3v) is 0. The molecule has 9 heavy (non-hydrogen) atoms. The summed E-state index contributed by atoms with van der Waals surface area (Å²) in [4.78, 5) is 0. The summed E-state index contributed by atoms with van der Waals surface area (Å²) in [7, 11) is 0. The number of rotatable bonds is 0. The van der Waals surface area contributed by atoms with Crippen LogP contribution in [0, 0.1) is 0 Å². The van der Waals surface area contributed by atoms with Crippen molar-refractivity contribution in [3.05, 3.63) is 0 Å². The zero-order chi connectivity index (χ0) is 0. The quantitative estimate of drug-likeness (QED) is 0.429. The van der Waals surface area contributed by atoms with Gasteiger partial charge in [-0.15, -0.1) is 0 Å². The molecule has 0 aromatic heterocycles. The Morgan fingerprint density at radius 2 is 0.333 bits per heavy atom. The monoisotopic (exact) mass is 370 g/mol. The number of hydrogen-bond donors (Lipinski definition) is 0. The fourth-order valence-corrected chi connectivity index (χ4v) is 0. The van der Waals surface area contributed by atoms with Gasteiger partial charge in [0.25, 0.3) is 0 Å². The van der Waals surface area contributed by atoms with Crippen LogP contribution in [0.25, 0.3) is 0 Å². The van der Waals surface area contributed by atoms with Gasteiger partial charge in [-0.1, -0.05) is 0 Å². The molecule has 5 nitrogen and oxygen atoms in total. The van der Waals surface area contributed by atoms with Crippen LogP contribution >= 0.6 is 0 Å². The first-order valence-corrected chi connectivity index (χ1v) is 0. The van der Waals surface area contributed by atoms with Crippen LogP contribution in [0.15, 0.2) is 0 Å². The molecule has 0 aliphatic heterocycles. The molecule has 9 heteroatoms. The van der Waals surface area contributed by atoms with Crippen LogP contribution in [0.2, 0.25) is 0 Å². The van der Waals surface area contributed by atoms with Crippen molar-refractivity contribution >= 4 is 95.0 Å². The summed E-state index contributed by atoms with van der Waals surface area (Å²) in [6.45, 7) is 0. The molecule has 0 aromatic rings. The van der Waals surface area contributed by atoms with Gasteiger partial charge in [0.05, 0.1) is 0 Å². The summed E-state index contributed by atoms with van der Waals surface area (Å²) in [5, 5.41) is 0. The molecule has 0 amide bonds. The minimum atomic E-state index is 0. The van der Waals surface area contributed by atoms with Crippen LogP contribution in [0.5, 0.6) is 0 Å². The second-order valence-corrected chi connectivity index (χ2v) is 0. The molecule has 0 N–H and O–H groups in total. The first kappa shape index (κ1) is 163. The molecule has 0 fully saturated rings. The molecule has 0 saturated heterocycles. The molecule has 0 spiro atoms. The van der Waals surface area contributed by atoms with Crippen molar-refractivity contribution in [1.82, 2.24) is 0 Å². The largest absolute Gasteiger partial charge is 3.00 e. The molecule has 0 unspecified atom stereocenters. The Balaban J connectivity index is 0. The fourth-order valence-electron chi connectivity index (χ4n) is 0. The van der Waals surface area contributed by atoms with Crippen LogP contribution in [0.1, 0.15) is 0 Å². The van der Waals surface area contributed by atoms with Gasteiger partial charge in [0.2, 0.25) is 0 Å². The van der Waals surface area contributed by atoms with E-state index in [1.54, 1.807) is 0 Å². The third kappa shape index (κ3) is 100. The van der Waals surface area contributed by atoms with Crippen LogP contribution < -0.4 is 0 Å². The molecule has 0 heterocycles. The van der Waals surface area contributed by atoms with Gasteiger partial charge in [0.15, 0.2) is 0 Å². The molecule has 0 rings (SSSR count). The zero-order valence-corrected chi connectivity index (χ0v) is 12.3. The smallest absolute Gasteiger partial charge is 2.00 e. The normalized spacial score (nSPS) is 0. The third-order valence-electron chi connectivity index (χ3n) is 0. The molecule has 0 aliphatic carbocycles. The Kier molecular flexibility index (Phi) is 2250. The molecular weight excluding hydrogens is 372 g/mol. The van der Waals surface area contributed by atoms with E-state index in [-0.39, 0.29) is 122 Å². The summed E-state index contributed by atoms with van der Waals surface area (Å²) in [6.07, 6.45) is 0. The van der Waals surface area contributed by atoms with E-state index >= 15 is 0 Å². The summed E-state index contributed by atoms with van der Waals surface area (Å²) < 4.78 is 0. The average Bonchev–Trinajstić information content (AvgIpc) is 0. The van der Waals surface area contributed by atoms with E-state index in [1.165, 1.54) is 0 Å². The van der Waals surface area contributed by atoms with Gasteiger partial charge in [-0.2, -0.15) is 0 Å². The van der Waals surface area contributed by atoms with E-state index < -0.39 is 0 Å². The average molecular weight is 372 g/mol. The van der Waals surface area contributed by atoms with Crippen molar-refractivity contribution in [3.8, 4) is 0 Å². The van der Waals surface area contributed by atoms with Crippen molar-refractivity contribution in [2.75, 3.05) is 0 Å². The van der Waals surface area contributed by atoms with E-state index in [2.05, 4.69) is 0 Å². The molecule has 0 aromatic carbocycles. The van der Waals surface area contributed by atoms with Crippen LogP contribution in [0.4, 0.5) is 0 Å². The Hall–Kier alpha value is 2.97. The summed E-state index contributed by atoms with van der Waals surface area (Å²) >= 11 is 0. The maximum Gasteiger partial charge on any atom is 3.00 e. The van der Waals surface area contributed by atoms with Crippen molar-refractivity contribution in [2.24, 2.45) is 0 Å². The van der Waals surface area contributed by atoms with Gasteiger partial charge < -0.3 is 27.4 Å². The Bertz CT molecular complexity index is 12.9. The van der Waals surface area contributed by atoms with Gasteiger partial charge in [-0.25, -0.2) is 0 Å². The van der Waals surface area contributed by atoms with Gasteiger partial charge in [-0.05, 0) is 0 Å². The molecule has 0 aliphatic rings. The molecule has 0 atom stereocenters. The zero-order valence-electron chi connectivity index (χ0n) is 4.35. The second-order valence-electron chi connectivity index (χ2n) is 0. The molecule has 0 saturated carbocycles. The topological polar surface area (TPSA) is 142 Å². The molecular formula is Mg2O5Sb2. The Labute approximate surface area is 120 Å². The van der Waals surface area contributed by atoms with E-state index in [4.69, 9.17) is 0 Å². The van der Waals surface area contributed by atoms with Crippen LogP contribution in [-0.4, -0.2) is 95.0 Å². The van der Waals surface area contributed by atoms with Crippen molar-refractivity contribution in [2.45, 2.75) is 0 Å². The summed E-state index contributed by atoms with van der Waals surface area (Å²) in [6, 6.07) is 0. The van der Waals surface area contributed by atoms with E-state index in [0.717, 1.165) is 0 Å². The van der Waals surface area contributed by atoms with Gasteiger partial charge in [-0.3, -0.25) is 0 Å².